The zero-order valence-corrected chi connectivity index (χ0v) is 15.6. The van der Waals surface area contributed by atoms with Crippen molar-refractivity contribution in [1.82, 2.24) is 0 Å². The van der Waals surface area contributed by atoms with Crippen molar-refractivity contribution in [2.45, 2.75) is 51.6 Å². The molecule has 0 saturated carbocycles. The van der Waals surface area contributed by atoms with Crippen molar-refractivity contribution in [2.75, 3.05) is 10.6 Å². The van der Waals surface area contributed by atoms with E-state index in [9.17, 15) is 22.8 Å². The zero-order valence-electron chi connectivity index (χ0n) is 15.6. The molecule has 2 rings (SSSR count). The lowest BCUT2D eigenvalue weighted by Crippen LogP contribution is -2.17. The van der Waals surface area contributed by atoms with Crippen LogP contribution in [0.25, 0.3) is 0 Å². The van der Waals surface area contributed by atoms with E-state index in [4.69, 9.17) is 4.42 Å². The molecule has 0 bridgehead atoms. The van der Waals surface area contributed by atoms with Gasteiger partial charge in [-0.3, -0.25) is 9.59 Å². The molecule has 0 radical (unpaired) electrons. The van der Waals surface area contributed by atoms with Crippen LogP contribution in [-0.2, 0) is 11.0 Å². The van der Waals surface area contributed by atoms with Crippen molar-refractivity contribution in [3.63, 3.8) is 0 Å². The lowest BCUT2D eigenvalue weighted by molar-refractivity contribution is -0.136. The van der Waals surface area contributed by atoms with Gasteiger partial charge in [0.2, 0.25) is 5.91 Å². The summed E-state index contributed by atoms with van der Waals surface area (Å²) in [6.07, 6.45) is 1.41. The summed E-state index contributed by atoms with van der Waals surface area (Å²) in [5, 5.41) is 4.67. The van der Waals surface area contributed by atoms with Gasteiger partial charge in [-0.25, -0.2) is 0 Å². The van der Waals surface area contributed by atoms with Crippen LogP contribution in [-0.4, -0.2) is 11.8 Å². The lowest BCUT2D eigenvalue weighted by Gasteiger charge is -2.15. The van der Waals surface area contributed by atoms with Crippen molar-refractivity contribution in [3.8, 4) is 0 Å². The largest absolute Gasteiger partial charge is 0.459 e. The maximum Gasteiger partial charge on any atom is 0.418 e. The van der Waals surface area contributed by atoms with E-state index in [0.717, 1.165) is 37.8 Å². The molecule has 1 heterocycles. The van der Waals surface area contributed by atoms with Gasteiger partial charge in [0, 0.05) is 12.1 Å². The van der Waals surface area contributed by atoms with Crippen LogP contribution in [0, 0.1) is 0 Å². The van der Waals surface area contributed by atoms with Gasteiger partial charge in [-0.1, -0.05) is 32.6 Å². The fraction of sp³-hybridized carbons (Fsp3) is 0.400. The number of hydrogen-bond donors (Lipinski definition) is 2. The Morgan fingerprint density at radius 1 is 1.04 bits per heavy atom. The second-order valence-corrected chi connectivity index (χ2v) is 6.40. The van der Waals surface area contributed by atoms with Crippen molar-refractivity contribution >= 4 is 23.2 Å². The van der Waals surface area contributed by atoms with Crippen LogP contribution in [0.1, 0.15) is 61.6 Å². The van der Waals surface area contributed by atoms with Crippen LogP contribution in [0.4, 0.5) is 24.5 Å². The van der Waals surface area contributed by atoms with Crippen molar-refractivity contribution in [2.24, 2.45) is 0 Å². The summed E-state index contributed by atoms with van der Waals surface area (Å²) in [7, 11) is 0. The van der Waals surface area contributed by atoms with Gasteiger partial charge in [0.05, 0.1) is 17.5 Å². The molecule has 0 fully saturated rings. The maximum atomic E-state index is 13.4. The third-order valence-corrected chi connectivity index (χ3v) is 4.11. The second-order valence-electron chi connectivity index (χ2n) is 6.40. The Balaban J connectivity index is 2.05. The van der Waals surface area contributed by atoms with Gasteiger partial charge in [-0.2, -0.15) is 13.2 Å². The van der Waals surface area contributed by atoms with Gasteiger partial charge in [-0.15, -0.1) is 0 Å². The molecule has 1 aromatic carbocycles. The Hall–Kier alpha value is -2.77. The highest BCUT2D eigenvalue weighted by molar-refractivity contribution is 6.02. The highest BCUT2D eigenvalue weighted by Crippen LogP contribution is 2.36. The Kier molecular flexibility index (Phi) is 7.66. The fourth-order valence-electron chi connectivity index (χ4n) is 2.67. The molecule has 1 aromatic heterocycles. The summed E-state index contributed by atoms with van der Waals surface area (Å²) in [6.45, 7) is 2.08. The molecule has 0 aliphatic carbocycles. The number of carbonyl (C=O) groups excluding carboxylic acids is 2. The van der Waals surface area contributed by atoms with Crippen molar-refractivity contribution in [3.05, 3.63) is 47.9 Å². The summed E-state index contributed by atoms with van der Waals surface area (Å²) in [6, 6.07) is 6.12. The molecule has 0 atom stereocenters. The number of alkyl halides is 3. The van der Waals surface area contributed by atoms with Gasteiger partial charge >= 0.3 is 6.18 Å². The number of carbonyl (C=O) groups is 2. The third-order valence-electron chi connectivity index (χ3n) is 4.11. The molecule has 0 spiro atoms. The van der Waals surface area contributed by atoms with Gasteiger partial charge in [-0.05, 0) is 36.8 Å². The molecule has 8 heteroatoms. The van der Waals surface area contributed by atoms with E-state index in [1.54, 1.807) is 0 Å². The minimum absolute atomic E-state index is 0.0194. The summed E-state index contributed by atoms with van der Waals surface area (Å²) >= 11 is 0. The standard InChI is InChI=1S/C20H23F3N2O3/c1-2-3-4-5-6-9-18(26)25-16-11-10-14(13-15(16)20(21,22)23)24-19(27)17-8-7-12-28-17/h7-8,10-13H,2-6,9H2,1H3,(H,24,27)(H,25,26). The molecule has 2 aromatic rings. The van der Waals surface area contributed by atoms with Gasteiger partial charge in [0.25, 0.3) is 5.91 Å². The number of anilines is 2. The van der Waals surface area contributed by atoms with Crippen LogP contribution in [0.15, 0.2) is 41.0 Å². The van der Waals surface area contributed by atoms with Crippen LogP contribution in [0.2, 0.25) is 0 Å². The minimum Gasteiger partial charge on any atom is -0.459 e. The molecule has 0 aliphatic rings. The first-order chi connectivity index (χ1) is 13.3. The molecule has 0 unspecified atom stereocenters. The predicted molar refractivity (Wildman–Crippen MR) is 100 cm³/mol. The minimum atomic E-state index is -4.69. The third kappa shape index (κ3) is 6.44. The normalized spacial score (nSPS) is 11.3. The Morgan fingerprint density at radius 2 is 1.79 bits per heavy atom. The van der Waals surface area contributed by atoms with Gasteiger partial charge in [0.15, 0.2) is 5.76 Å². The molecule has 152 valence electrons. The molecule has 2 amide bonds. The summed E-state index contributed by atoms with van der Waals surface area (Å²) in [5.41, 5.74) is -1.41. The first-order valence-corrected chi connectivity index (χ1v) is 9.17. The molecular weight excluding hydrogens is 373 g/mol. The van der Waals surface area contributed by atoms with E-state index in [0.29, 0.717) is 6.42 Å². The molecule has 0 saturated heterocycles. The highest BCUT2D eigenvalue weighted by Gasteiger charge is 2.34. The van der Waals surface area contributed by atoms with E-state index in [1.165, 1.54) is 24.5 Å². The van der Waals surface area contributed by atoms with Crippen LogP contribution < -0.4 is 10.6 Å². The quantitative estimate of drug-likeness (QED) is 0.522. The molecule has 5 nitrogen and oxygen atoms in total. The number of unbranched alkanes of at least 4 members (excludes halogenated alkanes) is 4. The fourth-order valence-corrected chi connectivity index (χ4v) is 2.67. The molecule has 28 heavy (non-hydrogen) atoms. The maximum absolute atomic E-state index is 13.4. The van der Waals surface area contributed by atoms with Crippen LogP contribution in [0.5, 0.6) is 0 Å². The summed E-state index contributed by atoms with van der Waals surface area (Å²) in [4.78, 5) is 23.9. The SMILES string of the molecule is CCCCCCCC(=O)Nc1ccc(NC(=O)c2ccco2)cc1C(F)(F)F. The number of amides is 2. The number of rotatable bonds is 9. The Morgan fingerprint density at radius 3 is 2.43 bits per heavy atom. The number of furan rings is 1. The van der Waals surface area contributed by atoms with E-state index in [2.05, 4.69) is 17.6 Å². The number of nitrogens with one attached hydrogen (secondary N) is 2. The first-order valence-electron chi connectivity index (χ1n) is 9.17. The highest BCUT2D eigenvalue weighted by atomic mass is 19.4. The predicted octanol–water partition coefficient (Wildman–Crippen LogP) is 5.85. The van der Waals surface area contributed by atoms with E-state index in [1.807, 2.05) is 0 Å². The topological polar surface area (TPSA) is 71.3 Å². The first kappa shape index (κ1) is 21.5. The monoisotopic (exact) mass is 396 g/mol. The number of benzene rings is 1. The summed E-state index contributed by atoms with van der Waals surface area (Å²) in [5.74, 6) is -1.15. The lowest BCUT2D eigenvalue weighted by atomic mass is 10.1. The smallest absolute Gasteiger partial charge is 0.418 e. The average Bonchev–Trinajstić information content (AvgIpc) is 3.17. The Labute approximate surface area is 161 Å². The molecule has 2 N–H and O–H groups in total. The van der Waals surface area contributed by atoms with Gasteiger partial charge in [0.1, 0.15) is 0 Å². The van der Waals surface area contributed by atoms with Crippen LogP contribution >= 0.6 is 0 Å². The number of hydrogen-bond acceptors (Lipinski definition) is 3. The molecule has 0 aliphatic heterocycles. The van der Waals surface area contributed by atoms with E-state index >= 15 is 0 Å². The number of halogens is 3. The van der Waals surface area contributed by atoms with E-state index < -0.39 is 23.6 Å². The van der Waals surface area contributed by atoms with Crippen molar-refractivity contribution < 1.29 is 27.2 Å². The second kappa shape index (κ2) is 9.96. The zero-order chi connectivity index (χ0) is 20.6. The van der Waals surface area contributed by atoms with Crippen molar-refractivity contribution in [1.29, 1.82) is 0 Å². The van der Waals surface area contributed by atoms with Gasteiger partial charge < -0.3 is 15.1 Å². The average molecular weight is 396 g/mol. The van der Waals surface area contributed by atoms with E-state index in [-0.39, 0.29) is 23.6 Å². The summed E-state index contributed by atoms with van der Waals surface area (Å²) < 4.78 is 45.1. The van der Waals surface area contributed by atoms with Crippen LogP contribution in [0.3, 0.4) is 0 Å². The Bertz CT molecular complexity index is 786. The molecular formula is C20H23F3N2O3.